The lowest BCUT2D eigenvalue weighted by atomic mass is 9.86. The van der Waals surface area contributed by atoms with Gasteiger partial charge in [-0.25, -0.2) is 0 Å². The first-order valence-corrected chi connectivity index (χ1v) is 9.72. The van der Waals surface area contributed by atoms with Crippen LogP contribution in [0, 0.1) is 0 Å². The van der Waals surface area contributed by atoms with Crippen LogP contribution in [0.15, 0.2) is 48.7 Å². The van der Waals surface area contributed by atoms with Gasteiger partial charge in [-0.2, -0.15) is 0 Å². The van der Waals surface area contributed by atoms with Gasteiger partial charge in [0.05, 0.1) is 12.8 Å². The Balaban J connectivity index is 1.65. The van der Waals surface area contributed by atoms with Crippen LogP contribution in [-0.2, 0) is 11.3 Å². The third kappa shape index (κ3) is 3.56. The van der Waals surface area contributed by atoms with Crippen LogP contribution in [0.1, 0.15) is 36.9 Å². The Bertz CT molecular complexity index is 778. The van der Waals surface area contributed by atoms with Gasteiger partial charge in [0.15, 0.2) is 0 Å². The zero-order chi connectivity index (χ0) is 18.8. The summed E-state index contributed by atoms with van der Waals surface area (Å²) in [5.74, 6) is 1.36. The van der Waals surface area contributed by atoms with E-state index in [1.807, 2.05) is 30.5 Å². The molecule has 2 aromatic rings. The number of carbonyl (C=O) groups is 1. The van der Waals surface area contributed by atoms with Crippen molar-refractivity contribution in [2.75, 3.05) is 20.2 Å². The maximum Gasteiger partial charge on any atom is 0.219 e. The predicted molar refractivity (Wildman–Crippen MR) is 105 cm³/mol. The molecule has 0 radical (unpaired) electrons. The first kappa shape index (κ1) is 18.0. The molecule has 1 aromatic heterocycles. The van der Waals surface area contributed by atoms with Crippen molar-refractivity contribution in [3.8, 4) is 5.75 Å². The number of piperidine rings is 1. The number of benzene rings is 1. The molecule has 5 nitrogen and oxygen atoms in total. The number of fused-ring (bicyclic) bond motifs is 1. The lowest BCUT2D eigenvalue weighted by Crippen LogP contribution is -2.51. The zero-order valence-electron chi connectivity index (χ0n) is 16.0. The summed E-state index contributed by atoms with van der Waals surface area (Å²) in [7, 11) is 1.69. The van der Waals surface area contributed by atoms with Gasteiger partial charge >= 0.3 is 0 Å². The molecule has 2 aliphatic rings. The second-order valence-corrected chi connectivity index (χ2v) is 7.54. The van der Waals surface area contributed by atoms with E-state index in [0.717, 1.165) is 43.9 Å². The summed E-state index contributed by atoms with van der Waals surface area (Å²) in [5.41, 5.74) is 2.37. The summed E-state index contributed by atoms with van der Waals surface area (Å²) in [6, 6.07) is 15.0. The fraction of sp³-hybridized carbons (Fsp3) is 0.455. The molecule has 27 heavy (non-hydrogen) atoms. The van der Waals surface area contributed by atoms with Gasteiger partial charge in [-0.15, -0.1) is 0 Å². The van der Waals surface area contributed by atoms with Crippen LogP contribution in [0.4, 0.5) is 0 Å². The van der Waals surface area contributed by atoms with Gasteiger partial charge in [0.2, 0.25) is 5.91 Å². The minimum Gasteiger partial charge on any atom is -0.497 e. The standard InChI is InChI=1S/C22H27N3O2/c1-16(26)25-15-20(17-8-10-19(27-2)11-9-17)22-21(25)7-5-13-24(22)14-18-6-3-4-12-23-18/h3-4,6,8-12,20-22H,5,7,13-15H2,1-2H3/t20-,21-,22-/m1/s1. The largest absolute Gasteiger partial charge is 0.497 e. The van der Waals surface area contributed by atoms with E-state index in [1.165, 1.54) is 5.56 Å². The molecular weight excluding hydrogens is 338 g/mol. The quantitative estimate of drug-likeness (QED) is 0.835. The van der Waals surface area contributed by atoms with E-state index >= 15 is 0 Å². The van der Waals surface area contributed by atoms with Crippen molar-refractivity contribution < 1.29 is 9.53 Å². The number of carbonyl (C=O) groups excluding carboxylic acids is 1. The van der Waals surface area contributed by atoms with Crippen LogP contribution in [0.2, 0.25) is 0 Å². The number of hydrogen-bond acceptors (Lipinski definition) is 4. The Hall–Kier alpha value is -2.40. The third-order valence-electron chi connectivity index (χ3n) is 6.01. The Morgan fingerprint density at radius 1 is 1.22 bits per heavy atom. The minimum atomic E-state index is 0.181. The highest BCUT2D eigenvalue weighted by molar-refractivity contribution is 5.74. The Morgan fingerprint density at radius 2 is 2.04 bits per heavy atom. The number of methoxy groups -OCH3 is 1. The molecule has 142 valence electrons. The molecule has 0 unspecified atom stereocenters. The van der Waals surface area contributed by atoms with E-state index in [0.29, 0.717) is 12.0 Å². The fourth-order valence-corrected chi connectivity index (χ4v) is 4.78. The van der Waals surface area contributed by atoms with E-state index < -0.39 is 0 Å². The SMILES string of the molecule is COc1ccc([C@H]2CN(C(C)=O)[C@@H]3CCCN(Cc4ccccn4)[C@H]23)cc1. The second-order valence-electron chi connectivity index (χ2n) is 7.54. The molecule has 0 bridgehead atoms. The van der Waals surface area contributed by atoms with Crippen LogP contribution in [0.5, 0.6) is 5.75 Å². The summed E-state index contributed by atoms with van der Waals surface area (Å²) in [5, 5.41) is 0. The highest BCUT2D eigenvalue weighted by Crippen LogP contribution is 2.41. The average Bonchev–Trinajstić information content (AvgIpc) is 3.10. The normalized spacial score (nSPS) is 25.3. The first-order valence-electron chi connectivity index (χ1n) is 9.72. The smallest absolute Gasteiger partial charge is 0.219 e. The number of pyridine rings is 1. The molecule has 0 spiro atoms. The second kappa shape index (κ2) is 7.69. The van der Waals surface area contributed by atoms with Crippen LogP contribution in [0.25, 0.3) is 0 Å². The predicted octanol–water partition coefficient (Wildman–Crippen LogP) is 3.07. The van der Waals surface area contributed by atoms with Crippen LogP contribution in [0.3, 0.4) is 0 Å². The summed E-state index contributed by atoms with van der Waals surface area (Å²) in [4.78, 5) is 21.5. The molecular formula is C22H27N3O2. The van der Waals surface area contributed by atoms with Gasteiger partial charge in [0.1, 0.15) is 5.75 Å². The van der Waals surface area contributed by atoms with Gasteiger partial charge in [0, 0.05) is 44.2 Å². The lowest BCUT2D eigenvalue weighted by Gasteiger charge is -2.41. The van der Waals surface area contributed by atoms with Crippen LogP contribution < -0.4 is 4.74 Å². The summed E-state index contributed by atoms with van der Waals surface area (Å²) >= 11 is 0. The molecule has 2 fully saturated rings. The van der Waals surface area contributed by atoms with Crippen LogP contribution >= 0.6 is 0 Å². The number of rotatable bonds is 4. The van der Waals surface area contributed by atoms with Crippen molar-refractivity contribution in [3.63, 3.8) is 0 Å². The van der Waals surface area contributed by atoms with Crippen molar-refractivity contribution in [3.05, 3.63) is 59.9 Å². The van der Waals surface area contributed by atoms with E-state index in [9.17, 15) is 4.79 Å². The van der Waals surface area contributed by atoms with Crippen molar-refractivity contribution in [1.29, 1.82) is 0 Å². The van der Waals surface area contributed by atoms with Crippen molar-refractivity contribution in [2.24, 2.45) is 0 Å². The molecule has 1 aromatic carbocycles. The summed E-state index contributed by atoms with van der Waals surface area (Å²) in [6.45, 7) is 4.37. The van der Waals surface area contributed by atoms with E-state index in [2.05, 4.69) is 33.0 Å². The Morgan fingerprint density at radius 3 is 2.70 bits per heavy atom. The van der Waals surface area contributed by atoms with Crippen molar-refractivity contribution in [1.82, 2.24) is 14.8 Å². The number of aromatic nitrogens is 1. The summed E-state index contributed by atoms with van der Waals surface area (Å²) < 4.78 is 5.31. The third-order valence-corrected chi connectivity index (χ3v) is 6.01. The van der Waals surface area contributed by atoms with Gasteiger partial charge in [0.25, 0.3) is 0 Å². The molecule has 3 atom stereocenters. The monoisotopic (exact) mass is 365 g/mol. The highest BCUT2D eigenvalue weighted by Gasteiger charge is 2.47. The Labute approximate surface area is 161 Å². The first-order chi connectivity index (χ1) is 13.2. The molecule has 5 heteroatoms. The minimum absolute atomic E-state index is 0.181. The molecule has 2 saturated heterocycles. The zero-order valence-corrected chi connectivity index (χ0v) is 16.0. The molecule has 0 saturated carbocycles. The van der Waals surface area contributed by atoms with Crippen LogP contribution in [-0.4, -0.2) is 53.0 Å². The Kier molecular flexibility index (Phi) is 5.12. The number of likely N-dealkylation sites (tertiary alicyclic amines) is 2. The molecule has 0 aliphatic carbocycles. The van der Waals surface area contributed by atoms with Gasteiger partial charge in [-0.05, 0) is 49.2 Å². The van der Waals surface area contributed by atoms with E-state index in [1.54, 1.807) is 14.0 Å². The van der Waals surface area contributed by atoms with E-state index in [-0.39, 0.29) is 11.9 Å². The topological polar surface area (TPSA) is 45.7 Å². The van der Waals surface area contributed by atoms with E-state index in [4.69, 9.17) is 4.74 Å². The maximum absolute atomic E-state index is 12.3. The number of nitrogens with zero attached hydrogens (tertiary/aromatic N) is 3. The van der Waals surface area contributed by atoms with Gasteiger partial charge in [-0.3, -0.25) is 14.7 Å². The summed E-state index contributed by atoms with van der Waals surface area (Å²) in [6.07, 6.45) is 4.05. The van der Waals surface area contributed by atoms with Gasteiger partial charge in [-0.1, -0.05) is 18.2 Å². The number of hydrogen-bond donors (Lipinski definition) is 0. The fourth-order valence-electron chi connectivity index (χ4n) is 4.78. The van der Waals surface area contributed by atoms with Crippen molar-refractivity contribution >= 4 is 5.91 Å². The molecule has 2 aliphatic heterocycles. The highest BCUT2D eigenvalue weighted by atomic mass is 16.5. The molecule has 0 N–H and O–H groups in total. The molecule has 4 rings (SSSR count). The van der Waals surface area contributed by atoms with Gasteiger partial charge < -0.3 is 9.64 Å². The number of amides is 1. The van der Waals surface area contributed by atoms with Crippen molar-refractivity contribution in [2.45, 2.75) is 44.3 Å². The molecule has 3 heterocycles. The number of ether oxygens (including phenoxy) is 1. The average molecular weight is 365 g/mol. The molecule has 1 amide bonds. The maximum atomic E-state index is 12.3. The lowest BCUT2D eigenvalue weighted by molar-refractivity contribution is -0.130.